The Hall–Kier alpha value is -2.63. The Balaban J connectivity index is 2.17. The van der Waals surface area contributed by atoms with E-state index in [0.29, 0.717) is 5.65 Å². The van der Waals surface area contributed by atoms with E-state index in [9.17, 15) is 4.79 Å². The van der Waals surface area contributed by atoms with Crippen LogP contribution in [-0.2, 0) is 0 Å². The summed E-state index contributed by atoms with van der Waals surface area (Å²) in [5.74, 6) is 0. The maximum absolute atomic E-state index is 12.8. The molecule has 3 heterocycles. The van der Waals surface area contributed by atoms with E-state index in [0.717, 1.165) is 12.0 Å². The normalized spacial score (nSPS) is 13.2. The first-order valence-electron chi connectivity index (χ1n) is 7.53. The summed E-state index contributed by atoms with van der Waals surface area (Å²) in [5.41, 5.74) is 1.50. The van der Waals surface area contributed by atoms with Gasteiger partial charge in [0.25, 0.3) is 5.56 Å². The minimum absolute atomic E-state index is 0.0390. The third-order valence-corrected chi connectivity index (χ3v) is 3.63. The average molecular weight is 309 g/mol. The van der Waals surface area contributed by atoms with Crippen LogP contribution in [0.3, 0.4) is 0 Å². The highest BCUT2D eigenvalue weighted by Crippen LogP contribution is 2.31. The lowest BCUT2D eigenvalue weighted by atomic mass is 9.85. The molecule has 0 aliphatic carbocycles. The van der Waals surface area contributed by atoms with Crippen LogP contribution in [0.1, 0.15) is 38.8 Å². The Kier molecular flexibility index (Phi) is 3.90. The van der Waals surface area contributed by atoms with Crippen molar-refractivity contribution in [1.29, 1.82) is 0 Å². The Morgan fingerprint density at radius 2 is 1.91 bits per heavy atom. The van der Waals surface area contributed by atoms with Crippen LogP contribution in [-0.4, -0.2) is 24.5 Å². The Morgan fingerprint density at radius 3 is 2.61 bits per heavy atom. The van der Waals surface area contributed by atoms with E-state index in [4.69, 9.17) is 0 Å². The molecule has 0 N–H and O–H groups in total. The second-order valence-electron chi connectivity index (χ2n) is 6.75. The second kappa shape index (κ2) is 5.87. The maximum atomic E-state index is 12.8. The molecule has 118 valence electrons. The number of nitrogens with zero attached hydrogens (tertiary/aromatic N) is 5. The molecule has 0 spiro atoms. The molecule has 0 amide bonds. The molecule has 0 aliphatic rings. The Labute approximate surface area is 134 Å². The standard InChI is InChI=1S/C17H19N5O/c1-17(2,3)9-13(12-5-4-6-18-10-12)22-11-21-15-14(16(22)23)19-7-8-20-15/h4-8,10-11,13H,9H2,1-3H3/t13-/m0/s1. The molecule has 0 saturated carbocycles. The van der Waals surface area contributed by atoms with Crippen molar-refractivity contribution in [3.05, 3.63) is 59.2 Å². The summed E-state index contributed by atoms with van der Waals surface area (Å²) in [6, 6.07) is 3.72. The third-order valence-electron chi connectivity index (χ3n) is 3.63. The van der Waals surface area contributed by atoms with E-state index in [1.807, 2.05) is 12.1 Å². The molecule has 0 aliphatic heterocycles. The van der Waals surface area contributed by atoms with Gasteiger partial charge in [-0.05, 0) is 23.5 Å². The lowest BCUT2D eigenvalue weighted by molar-refractivity contribution is 0.314. The molecule has 0 saturated heterocycles. The van der Waals surface area contributed by atoms with Crippen LogP contribution in [0.4, 0.5) is 0 Å². The van der Waals surface area contributed by atoms with Crippen molar-refractivity contribution in [3.8, 4) is 0 Å². The van der Waals surface area contributed by atoms with Gasteiger partial charge in [0, 0.05) is 24.8 Å². The summed E-state index contributed by atoms with van der Waals surface area (Å²) in [5, 5.41) is 0. The van der Waals surface area contributed by atoms with Gasteiger partial charge in [-0.2, -0.15) is 0 Å². The molecule has 3 aromatic heterocycles. The first-order valence-corrected chi connectivity index (χ1v) is 7.53. The van der Waals surface area contributed by atoms with Crippen molar-refractivity contribution in [1.82, 2.24) is 24.5 Å². The summed E-state index contributed by atoms with van der Waals surface area (Å²) < 4.78 is 1.64. The van der Waals surface area contributed by atoms with E-state index in [1.165, 1.54) is 12.4 Å². The largest absolute Gasteiger partial charge is 0.290 e. The summed E-state index contributed by atoms with van der Waals surface area (Å²) in [6.07, 6.45) is 8.91. The molecule has 3 aromatic rings. The molecule has 3 rings (SSSR count). The van der Waals surface area contributed by atoms with E-state index in [1.54, 1.807) is 23.3 Å². The van der Waals surface area contributed by atoms with Gasteiger partial charge in [0.15, 0.2) is 11.2 Å². The zero-order chi connectivity index (χ0) is 16.4. The van der Waals surface area contributed by atoms with Gasteiger partial charge >= 0.3 is 0 Å². The SMILES string of the molecule is CC(C)(C)C[C@@H](c1cccnc1)n1cnc2nccnc2c1=O. The highest BCUT2D eigenvalue weighted by atomic mass is 16.1. The molecule has 6 nitrogen and oxygen atoms in total. The second-order valence-corrected chi connectivity index (χ2v) is 6.75. The van der Waals surface area contributed by atoms with Gasteiger partial charge in [0.2, 0.25) is 0 Å². The van der Waals surface area contributed by atoms with E-state index in [2.05, 4.69) is 40.7 Å². The summed E-state index contributed by atoms with van der Waals surface area (Å²) in [4.78, 5) is 29.5. The van der Waals surface area contributed by atoms with Crippen LogP contribution in [0.15, 0.2) is 48.0 Å². The number of rotatable bonds is 3. The first-order chi connectivity index (χ1) is 11.0. The average Bonchev–Trinajstić information content (AvgIpc) is 2.54. The predicted octanol–water partition coefficient (Wildman–Crippen LogP) is 2.61. The fourth-order valence-electron chi connectivity index (χ4n) is 2.62. The van der Waals surface area contributed by atoms with Gasteiger partial charge in [-0.25, -0.2) is 15.0 Å². The molecule has 1 atom stereocenters. The molecular weight excluding hydrogens is 290 g/mol. The van der Waals surface area contributed by atoms with Gasteiger partial charge < -0.3 is 0 Å². The molecule has 0 fully saturated rings. The van der Waals surface area contributed by atoms with E-state index >= 15 is 0 Å². The monoisotopic (exact) mass is 309 g/mol. The predicted molar refractivity (Wildman–Crippen MR) is 88.0 cm³/mol. The fraction of sp³-hybridized carbons (Fsp3) is 0.353. The lowest BCUT2D eigenvalue weighted by Gasteiger charge is -2.27. The van der Waals surface area contributed by atoms with Crippen molar-refractivity contribution in [2.45, 2.75) is 33.2 Å². The first kappa shape index (κ1) is 15.3. The number of hydrogen-bond donors (Lipinski definition) is 0. The van der Waals surface area contributed by atoms with Crippen LogP contribution in [0.25, 0.3) is 11.2 Å². The van der Waals surface area contributed by atoms with Crippen molar-refractivity contribution < 1.29 is 0 Å². The van der Waals surface area contributed by atoms with Crippen LogP contribution >= 0.6 is 0 Å². The fourth-order valence-corrected chi connectivity index (χ4v) is 2.62. The van der Waals surface area contributed by atoms with Gasteiger partial charge in [-0.3, -0.25) is 14.3 Å². The van der Waals surface area contributed by atoms with Crippen molar-refractivity contribution in [2.24, 2.45) is 5.41 Å². The molecule has 23 heavy (non-hydrogen) atoms. The van der Waals surface area contributed by atoms with Crippen molar-refractivity contribution in [3.63, 3.8) is 0 Å². The van der Waals surface area contributed by atoms with Gasteiger partial charge in [-0.15, -0.1) is 0 Å². The van der Waals surface area contributed by atoms with Crippen LogP contribution in [0.2, 0.25) is 0 Å². The number of pyridine rings is 1. The lowest BCUT2D eigenvalue weighted by Crippen LogP contribution is -2.29. The number of hydrogen-bond acceptors (Lipinski definition) is 5. The molecule has 0 bridgehead atoms. The molecule has 6 heteroatoms. The molecule has 0 radical (unpaired) electrons. The topological polar surface area (TPSA) is 73.6 Å². The minimum atomic E-state index is -0.179. The molecular formula is C17H19N5O. The van der Waals surface area contributed by atoms with Crippen LogP contribution in [0, 0.1) is 5.41 Å². The van der Waals surface area contributed by atoms with Crippen molar-refractivity contribution >= 4 is 11.2 Å². The Morgan fingerprint density at radius 1 is 1.13 bits per heavy atom. The Bertz CT molecular complexity index is 867. The maximum Gasteiger partial charge on any atom is 0.282 e. The highest BCUT2D eigenvalue weighted by molar-refractivity contribution is 5.67. The molecule has 0 aromatic carbocycles. The van der Waals surface area contributed by atoms with E-state index in [-0.39, 0.29) is 22.5 Å². The number of aromatic nitrogens is 5. The minimum Gasteiger partial charge on any atom is -0.290 e. The highest BCUT2D eigenvalue weighted by Gasteiger charge is 2.24. The number of fused-ring (bicyclic) bond motifs is 1. The summed E-state index contributed by atoms with van der Waals surface area (Å²) >= 11 is 0. The summed E-state index contributed by atoms with van der Waals surface area (Å²) in [7, 11) is 0. The van der Waals surface area contributed by atoms with Crippen LogP contribution in [0.5, 0.6) is 0 Å². The quantitative estimate of drug-likeness (QED) is 0.743. The van der Waals surface area contributed by atoms with Gasteiger partial charge in [0.05, 0.1) is 6.04 Å². The smallest absolute Gasteiger partial charge is 0.282 e. The zero-order valence-corrected chi connectivity index (χ0v) is 13.5. The summed E-state index contributed by atoms with van der Waals surface area (Å²) in [6.45, 7) is 6.45. The van der Waals surface area contributed by atoms with E-state index < -0.39 is 0 Å². The molecule has 0 unspecified atom stereocenters. The third kappa shape index (κ3) is 3.26. The van der Waals surface area contributed by atoms with Gasteiger partial charge in [-0.1, -0.05) is 26.8 Å². The zero-order valence-electron chi connectivity index (χ0n) is 13.5. The van der Waals surface area contributed by atoms with Crippen LogP contribution < -0.4 is 5.56 Å². The van der Waals surface area contributed by atoms with Crippen molar-refractivity contribution in [2.75, 3.05) is 0 Å². The van der Waals surface area contributed by atoms with Gasteiger partial charge in [0.1, 0.15) is 6.33 Å².